The van der Waals surface area contributed by atoms with E-state index in [4.69, 9.17) is 4.52 Å². The second-order valence-electron chi connectivity index (χ2n) is 4.54. The molecule has 1 fully saturated rings. The van der Waals surface area contributed by atoms with Crippen molar-refractivity contribution in [2.45, 2.75) is 38.5 Å². The predicted molar refractivity (Wildman–Crippen MR) is 57.3 cm³/mol. The molecule has 84 valence electrons. The van der Waals surface area contributed by atoms with Crippen LogP contribution in [0.25, 0.3) is 0 Å². The zero-order chi connectivity index (χ0) is 10.8. The molecule has 0 amide bonds. The van der Waals surface area contributed by atoms with Crippen molar-refractivity contribution >= 4 is 0 Å². The maximum atomic E-state index is 5.30. The number of hydrogen-bond acceptors (Lipinski definition) is 4. The fraction of sp³-hybridized carbons (Fsp3) is 0.727. The molecule has 1 aromatic heterocycles. The Morgan fingerprint density at radius 2 is 2.07 bits per heavy atom. The summed E-state index contributed by atoms with van der Waals surface area (Å²) in [5.41, 5.74) is 0. The van der Waals surface area contributed by atoms with Crippen LogP contribution in [0.4, 0.5) is 0 Å². The van der Waals surface area contributed by atoms with E-state index in [0.29, 0.717) is 11.8 Å². The quantitative estimate of drug-likeness (QED) is 0.698. The molecule has 2 heterocycles. The van der Waals surface area contributed by atoms with Crippen molar-refractivity contribution in [2.75, 3.05) is 13.1 Å². The Hall–Kier alpha value is -0.900. The van der Waals surface area contributed by atoms with Gasteiger partial charge in [-0.3, -0.25) is 7.05 Å². The highest BCUT2D eigenvalue weighted by molar-refractivity contribution is 4.98. The first-order chi connectivity index (χ1) is 7.16. The number of rotatable bonds is 2. The molecule has 1 aliphatic rings. The summed E-state index contributed by atoms with van der Waals surface area (Å²) in [5, 5.41) is 3.99. The summed E-state index contributed by atoms with van der Waals surface area (Å²) in [6.07, 6.45) is 2.15. The van der Waals surface area contributed by atoms with Crippen molar-refractivity contribution in [2.24, 2.45) is 0 Å². The number of hydrogen-bond donors (Lipinski definition) is 0. The van der Waals surface area contributed by atoms with Crippen molar-refractivity contribution in [3.63, 3.8) is 0 Å². The molecule has 0 aromatic carbocycles. The fourth-order valence-corrected chi connectivity index (χ4v) is 1.83. The lowest BCUT2D eigenvalue weighted by Gasteiger charge is -2.32. The number of likely N-dealkylation sites (tertiary alicyclic amines) is 1. The first kappa shape index (κ1) is 10.6. The van der Waals surface area contributed by atoms with Gasteiger partial charge in [0.25, 0.3) is 0 Å². The lowest BCUT2D eigenvalue weighted by Crippen LogP contribution is -2.27. The molecule has 0 N–H and O–H groups in total. The second kappa shape index (κ2) is 4.31. The Morgan fingerprint density at radius 1 is 1.40 bits per heavy atom. The van der Waals surface area contributed by atoms with Gasteiger partial charge in [0, 0.05) is 11.8 Å². The zero-order valence-corrected chi connectivity index (χ0v) is 9.44. The summed E-state index contributed by atoms with van der Waals surface area (Å²) in [4.78, 5) is 6.54. The minimum Gasteiger partial charge on any atom is -0.459 e. The van der Waals surface area contributed by atoms with Crippen molar-refractivity contribution < 1.29 is 4.52 Å². The Balaban J connectivity index is 2.03. The van der Waals surface area contributed by atoms with Crippen LogP contribution in [0, 0.1) is 7.05 Å². The molecular formula is C11H18N3O-. The highest BCUT2D eigenvalue weighted by Crippen LogP contribution is 2.27. The first-order valence-electron chi connectivity index (χ1n) is 5.55. The third kappa shape index (κ3) is 2.37. The molecule has 0 saturated carbocycles. The van der Waals surface area contributed by atoms with Crippen LogP contribution in [0.1, 0.15) is 50.2 Å². The molecule has 1 aromatic rings. The van der Waals surface area contributed by atoms with E-state index >= 15 is 0 Å². The number of aromatic nitrogens is 2. The Kier molecular flexibility index (Phi) is 3.05. The van der Waals surface area contributed by atoms with E-state index in [1.54, 1.807) is 0 Å². The molecule has 2 rings (SSSR count). The largest absolute Gasteiger partial charge is 0.459 e. The van der Waals surface area contributed by atoms with Crippen molar-refractivity contribution in [3.8, 4) is 0 Å². The first-order valence-corrected chi connectivity index (χ1v) is 5.55. The number of nitrogens with zero attached hydrogens (tertiary/aromatic N) is 3. The van der Waals surface area contributed by atoms with E-state index in [2.05, 4.69) is 35.9 Å². The van der Waals surface area contributed by atoms with E-state index < -0.39 is 0 Å². The van der Waals surface area contributed by atoms with Crippen LogP contribution in [0.2, 0.25) is 0 Å². The van der Waals surface area contributed by atoms with Gasteiger partial charge in [-0.05, 0) is 25.9 Å². The maximum absolute atomic E-state index is 5.30. The SMILES string of the molecule is [CH2-]N1CCC(c2nc(C(C)C)no2)CC1. The molecule has 0 spiro atoms. The minimum absolute atomic E-state index is 0.343. The van der Waals surface area contributed by atoms with Gasteiger partial charge in [-0.15, -0.1) is 0 Å². The highest BCUT2D eigenvalue weighted by Gasteiger charge is 2.22. The minimum atomic E-state index is 0.343. The molecule has 1 aliphatic heterocycles. The van der Waals surface area contributed by atoms with Gasteiger partial charge in [0.15, 0.2) is 5.82 Å². The van der Waals surface area contributed by atoms with Crippen LogP contribution in [-0.2, 0) is 0 Å². The Labute approximate surface area is 90.7 Å². The summed E-state index contributed by atoms with van der Waals surface area (Å²) < 4.78 is 5.30. The normalized spacial score (nSPS) is 20.0. The van der Waals surface area contributed by atoms with Gasteiger partial charge in [-0.2, -0.15) is 4.98 Å². The van der Waals surface area contributed by atoms with Gasteiger partial charge < -0.3 is 9.42 Å². The van der Waals surface area contributed by atoms with E-state index in [9.17, 15) is 0 Å². The molecule has 0 atom stereocenters. The third-order valence-electron chi connectivity index (χ3n) is 2.91. The van der Waals surface area contributed by atoms with Gasteiger partial charge >= 0.3 is 0 Å². The summed E-state index contributed by atoms with van der Waals surface area (Å²) >= 11 is 0. The average Bonchev–Trinajstić information content (AvgIpc) is 2.68. The lowest BCUT2D eigenvalue weighted by molar-refractivity contribution is 0.244. The Morgan fingerprint density at radius 3 is 2.60 bits per heavy atom. The van der Waals surface area contributed by atoms with Crippen molar-refractivity contribution in [1.29, 1.82) is 0 Å². The molecule has 0 unspecified atom stereocenters. The van der Waals surface area contributed by atoms with Crippen LogP contribution in [0.15, 0.2) is 4.52 Å². The fourth-order valence-electron chi connectivity index (χ4n) is 1.83. The molecule has 0 bridgehead atoms. The van der Waals surface area contributed by atoms with Crippen molar-refractivity contribution in [1.82, 2.24) is 15.0 Å². The second-order valence-corrected chi connectivity index (χ2v) is 4.54. The molecule has 0 radical (unpaired) electrons. The standard InChI is InChI=1S/C11H18N3O/c1-8(2)10-12-11(15-13-10)9-4-6-14(3)7-5-9/h8-9H,3-7H2,1-2H3/q-1. The molecule has 0 aliphatic carbocycles. The lowest BCUT2D eigenvalue weighted by atomic mass is 9.97. The smallest absolute Gasteiger partial charge is 0.229 e. The maximum Gasteiger partial charge on any atom is 0.229 e. The van der Waals surface area contributed by atoms with Gasteiger partial charge in [-0.25, -0.2) is 0 Å². The van der Waals surface area contributed by atoms with Crippen LogP contribution in [0.5, 0.6) is 0 Å². The summed E-state index contributed by atoms with van der Waals surface area (Å²) in [6.45, 7) is 6.19. The van der Waals surface area contributed by atoms with Crippen molar-refractivity contribution in [3.05, 3.63) is 18.8 Å². The summed E-state index contributed by atoms with van der Waals surface area (Å²) in [5.74, 6) is 2.41. The molecule has 1 saturated heterocycles. The van der Waals surface area contributed by atoms with Crippen LogP contribution in [-0.4, -0.2) is 28.1 Å². The highest BCUT2D eigenvalue weighted by atomic mass is 16.5. The topological polar surface area (TPSA) is 42.2 Å². The van der Waals surface area contributed by atoms with E-state index in [1.807, 2.05) is 0 Å². The van der Waals surface area contributed by atoms with Crippen LogP contribution < -0.4 is 0 Å². The van der Waals surface area contributed by atoms with Gasteiger partial charge in [-0.1, -0.05) is 19.0 Å². The van der Waals surface area contributed by atoms with Gasteiger partial charge in [0.1, 0.15) is 0 Å². The molecule has 4 nitrogen and oxygen atoms in total. The van der Waals surface area contributed by atoms with E-state index in [-0.39, 0.29) is 0 Å². The monoisotopic (exact) mass is 208 g/mol. The predicted octanol–water partition coefficient (Wildman–Crippen LogP) is 2.16. The summed E-state index contributed by atoms with van der Waals surface area (Å²) in [7, 11) is 3.93. The van der Waals surface area contributed by atoms with E-state index in [1.165, 1.54) is 0 Å². The summed E-state index contributed by atoms with van der Waals surface area (Å²) in [6, 6.07) is 0. The van der Waals surface area contributed by atoms with Crippen LogP contribution >= 0.6 is 0 Å². The average molecular weight is 208 g/mol. The van der Waals surface area contributed by atoms with E-state index in [0.717, 1.165) is 37.6 Å². The zero-order valence-electron chi connectivity index (χ0n) is 9.44. The van der Waals surface area contributed by atoms with Crippen LogP contribution in [0.3, 0.4) is 0 Å². The number of piperidine rings is 1. The molecule has 15 heavy (non-hydrogen) atoms. The van der Waals surface area contributed by atoms with Gasteiger partial charge in [0.2, 0.25) is 5.89 Å². The van der Waals surface area contributed by atoms with Gasteiger partial charge in [0.05, 0.1) is 0 Å². The molecular weight excluding hydrogens is 190 g/mol. The third-order valence-corrected chi connectivity index (χ3v) is 2.91. The Bertz CT molecular complexity index is 313. The molecule has 4 heteroatoms.